The van der Waals surface area contributed by atoms with Crippen molar-refractivity contribution in [1.82, 2.24) is 0 Å². The van der Waals surface area contributed by atoms with Crippen LogP contribution >= 0.6 is 0 Å². The maximum Gasteiger partial charge on any atom is -0.0269 e. The second-order valence-electron chi connectivity index (χ2n) is 11.2. The van der Waals surface area contributed by atoms with Gasteiger partial charge in [-0.05, 0) is 98.7 Å². The molecule has 0 heteroatoms. The number of rotatable bonds is 6. The second-order valence-corrected chi connectivity index (χ2v) is 11.2. The number of fused-ring (bicyclic) bond motifs is 3. The normalized spacial score (nSPS) is 46.4. The molecule has 0 aliphatic heterocycles. The van der Waals surface area contributed by atoms with Gasteiger partial charge in [0.15, 0.2) is 0 Å². The molecule has 5 aliphatic rings. The van der Waals surface area contributed by atoms with Crippen LogP contribution < -0.4 is 0 Å². The molecule has 5 fully saturated rings. The van der Waals surface area contributed by atoms with E-state index in [-0.39, 0.29) is 0 Å². The van der Waals surface area contributed by atoms with E-state index in [0.717, 1.165) is 34.5 Å². The Kier molecular flexibility index (Phi) is 6.07. The van der Waals surface area contributed by atoms with Gasteiger partial charge in [0, 0.05) is 0 Å². The lowest BCUT2D eigenvalue weighted by Crippen LogP contribution is -2.49. The van der Waals surface area contributed by atoms with Crippen LogP contribution in [0.2, 0.25) is 0 Å². The quantitative estimate of drug-likeness (QED) is 0.446. The molecule has 5 saturated carbocycles. The van der Waals surface area contributed by atoms with Crippen LogP contribution in [-0.2, 0) is 0 Å². The highest BCUT2D eigenvalue weighted by Crippen LogP contribution is 2.66. The van der Waals surface area contributed by atoms with Gasteiger partial charge in [-0.25, -0.2) is 0 Å². The summed E-state index contributed by atoms with van der Waals surface area (Å²) in [6.07, 6.45) is 28.1. The summed E-state index contributed by atoms with van der Waals surface area (Å²) in [6, 6.07) is 0. The molecule has 0 N–H and O–H groups in total. The lowest BCUT2D eigenvalue weighted by atomic mass is 9.45. The largest absolute Gasteiger partial charge is 0.0654 e. The Balaban J connectivity index is 1.31. The van der Waals surface area contributed by atoms with E-state index in [9.17, 15) is 0 Å². The van der Waals surface area contributed by atoms with Crippen LogP contribution in [0.4, 0.5) is 0 Å². The summed E-state index contributed by atoms with van der Waals surface area (Å²) in [5.74, 6) is 4.37. The van der Waals surface area contributed by atoms with Crippen molar-refractivity contribution in [2.75, 3.05) is 0 Å². The Morgan fingerprint density at radius 3 is 1.08 bits per heavy atom. The van der Waals surface area contributed by atoms with Crippen molar-refractivity contribution in [2.24, 2.45) is 34.5 Å². The Labute approximate surface area is 164 Å². The molecule has 0 saturated heterocycles. The monoisotopic (exact) mass is 358 g/mol. The Morgan fingerprint density at radius 2 is 0.808 bits per heavy atom. The van der Waals surface area contributed by atoms with Gasteiger partial charge in [0.2, 0.25) is 0 Å². The molecule has 5 aliphatic carbocycles. The summed E-state index contributed by atoms with van der Waals surface area (Å²) in [4.78, 5) is 0. The molecule has 0 nitrogen and oxygen atoms in total. The SMILES string of the molecule is CCCC1CCC(C23CCC([C@H]4CC[C@H](CCC)CC4)(CC2)CC3)CC1. The molecule has 0 radical (unpaired) electrons. The van der Waals surface area contributed by atoms with Gasteiger partial charge >= 0.3 is 0 Å². The third-order valence-electron chi connectivity index (χ3n) is 10.2. The predicted molar refractivity (Wildman–Crippen MR) is 113 cm³/mol. The van der Waals surface area contributed by atoms with Gasteiger partial charge in [0.25, 0.3) is 0 Å². The molecule has 26 heavy (non-hydrogen) atoms. The van der Waals surface area contributed by atoms with E-state index in [0.29, 0.717) is 0 Å². The topological polar surface area (TPSA) is 0 Å². The first-order valence-corrected chi connectivity index (χ1v) is 12.7. The van der Waals surface area contributed by atoms with Gasteiger partial charge in [-0.1, -0.05) is 65.2 Å². The van der Waals surface area contributed by atoms with E-state index in [1.807, 2.05) is 0 Å². The molecule has 0 aromatic rings. The highest BCUT2D eigenvalue weighted by atomic mass is 14.6. The van der Waals surface area contributed by atoms with Gasteiger partial charge in [0.1, 0.15) is 0 Å². The van der Waals surface area contributed by atoms with Gasteiger partial charge < -0.3 is 0 Å². The molecular formula is C26H46. The average molecular weight is 359 g/mol. The lowest BCUT2D eigenvalue weighted by molar-refractivity contribution is -0.0959. The number of hydrogen-bond donors (Lipinski definition) is 0. The van der Waals surface area contributed by atoms with Crippen LogP contribution in [0.25, 0.3) is 0 Å². The molecule has 0 aromatic heterocycles. The Bertz CT molecular complexity index is 366. The van der Waals surface area contributed by atoms with E-state index < -0.39 is 0 Å². The second kappa shape index (κ2) is 8.16. The van der Waals surface area contributed by atoms with E-state index in [4.69, 9.17) is 0 Å². The molecular weight excluding hydrogens is 312 g/mol. The van der Waals surface area contributed by atoms with Crippen LogP contribution in [0.5, 0.6) is 0 Å². The fraction of sp³-hybridized carbons (Fsp3) is 1.00. The summed E-state index contributed by atoms with van der Waals surface area (Å²) in [5, 5.41) is 0. The minimum atomic E-state index is 0.804. The summed E-state index contributed by atoms with van der Waals surface area (Å²) in [7, 11) is 0. The van der Waals surface area contributed by atoms with Crippen molar-refractivity contribution in [3.05, 3.63) is 0 Å². The fourth-order valence-corrected chi connectivity index (χ4v) is 8.41. The standard InChI is InChI=1S/C26H46/c1-3-5-21-7-11-23(12-8-21)25-15-18-26(19-16-25,20-17-25)24-13-9-22(6-4-2)10-14-24/h21-24H,3-20H2,1-2H3/t21-,22?,23-,24?,25?,26?. The Morgan fingerprint density at radius 1 is 0.500 bits per heavy atom. The first kappa shape index (κ1) is 19.3. The minimum absolute atomic E-state index is 0.804. The molecule has 0 heterocycles. The zero-order valence-corrected chi connectivity index (χ0v) is 18.0. The molecule has 0 amide bonds. The molecule has 0 spiro atoms. The maximum absolute atomic E-state index is 2.38. The van der Waals surface area contributed by atoms with Crippen LogP contribution in [0.1, 0.15) is 129 Å². The van der Waals surface area contributed by atoms with Crippen molar-refractivity contribution in [2.45, 2.75) is 129 Å². The summed E-state index contributed by atoms with van der Waals surface area (Å²) >= 11 is 0. The van der Waals surface area contributed by atoms with Crippen molar-refractivity contribution < 1.29 is 0 Å². The lowest BCUT2D eigenvalue weighted by Gasteiger charge is -2.60. The van der Waals surface area contributed by atoms with E-state index >= 15 is 0 Å². The van der Waals surface area contributed by atoms with E-state index in [1.54, 1.807) is 89.9 Å². The summed E-state index contributed by atoms with van der Waals surface area (Å²) < 4.78 is 0. The molecule has 2 bridgehead atoms. The number of hydrogen-bond acceptors (Lipinski definition) is 0. The summed E-state index contributed by atoms with van der Waals surface area (Å²) in [6.45, 7) is 4.75. The smallest absolute Gasteiger partial charge is 0.0269 e. The third kappa shape index (κ3) is 3.65. The van der Waals surface area contributed by atoms with Crippen molar-refractivity contribution >= 4 is 0 Å². The predicted octanol–water partition coefficient (Wildman–Crippen LogP) is 8.54. The molecule has 150 valence electrons. The van der Waals surface area contributed by atoms with Crippen LogP contribution in [0.3, 0.4) is 0 Å². The van der Waals surface area contributed by atoms with Gasteiger partial charge in [-0.3, -0.25) is 0 Å². The molecule has 0 unspecified atom stereocenters. The first-order chi connectivity index (χ1) is 12.7. The van der Waals surface area contributed by atoms with Crippen molar-refractivity contribution in [3.8, 4) is 0 Å². The summed E-state index contributed by atoms with van der Waals surface area (Å²) in [5.41, 5.74) is 1.61. The van der Waals surface area contributed by atoms with E-state index in [2.05, 4.69) is 13.8 Å². The zero-order valence-electron chi connectivity index (χ0n) is 18.0. The van der Waals surface area contributed by atoms with Gasteiger partial charge in [-0.15, -0.1) is 0 Å². The highest BCUT2D eigenvalue weighted by molar-refractivity contribution is 5.05. The fourth-order valence-electron chi connectivity index (χ4n) is 8.41. The van der Waals surface area contributed by atoms with Crippen molar-refractivity contribution in [3.63, 3.8) is 0 Å². The van der Waals surface area contributed by atoms with Crippen molar-refractivity contribution in [1.29, 1.82) is 0 Å². The molecule has 0 atom stereocenters. The highest BCUT2D eigenvalue weighted by Gasteiger charge is 2.54. The van der Waals surface area contributed by atoms with Gasteiger partial charge in [-0.2, -0.15) is 0 Å². The van der Waals surface area contributed by atoms with Crippen LogP contribution in [0, 0.1) is 34.5 Å². The van der Waals surface area contributed by atoms with Crippen LogP contribution in [0.15, 0.2) is 0 Å². The zero-order chi connectivity index (χ0) is 18.0. The Hall–Kier alpha value is 0. The molecule has 5 rings (SSSR count). The average Bonchev–Trinajstić information content (AvgIpc) is 2.71. The third-order valence-corrected chi connectivity index (χ3v) is 10.2. The maximum atomic E-state index is 2.38. The van der Waals surface area contributed by atoms with Crippen LogP contribution in [-0.4, -0.2) is 0 Å². The molecule has 0 aromatic carbocycles. The van der Waals surface area contributed by atoms with Gasteiger partial charge in [0.05, 0.1) is 0 Å². The minimum Gasteiger partial charge on any atom is -0.0654 e. The first-order valence-electron chi connectivity index (χ1n) is 12.7. The van der Waals surface area contributed by atoms with E-state index in [1.165, 1.54) is 25.7 Å².